The van der Waals surface area contributed by atoms with E-state index in [1.807, 2.05) is 72.5 Å². The highest BCUT2D eigenvalue weighted by Gasteiger charge is 2.29. The molecule has 0 amide bonds. The molecule has 9 heteroatoms. The van der Waals surface area contributed by atoms with Crippen LogP contribution in [0.5, 0.6) is 5.75 Å². The second-order valence-electron chi connectivity index (χ2n) is 8.45. The third kappa shape index (κ3) is 4.78. The molecule has 3 aromatic carbocycles. The van der Waals surface area contributed by atoms with Crippen LogP contribution < -0.4 is 15.0 Å². The van der Waals surface area contributed by atoms with Crippen molar-refractivity contribution in [2.75, 3.05) is 43.5 Å². The van der Waals surface area contributed by atoms with E-state index in [9.17, 15) is 8.42 Å². The van der Waals surface area contributed by atoms with Gasteiger partial charge in [0.05, 0.1) is 17.5 Å². The summed E-state index contributed by atoms with van der Waals surface area (Å²) in [5.74, 6) is 2.06. The summed E-state index contributed by atoms with van der Waals surface area (Å²) in [6.07, 6.45) is 0. The molecule has 8 nitrogen and oxygen atoms in total. The number of rotatable bonds is 6. The van der Waals surface area contributed by atoms with Gasteiger partial charge in [-0.1, -0.05) is 29.8 Å². The molecule has 180 valence electrons. The average Bonchev–Trinajstić information content (AvgIpc) is 2.89. The summed E-state index contributed by atoms with van der Waals surface area (Å²) in [6.45, 7) is 3.69. The van der Waals surface area contributed by atoms with Crippen molar-refractivity contribution in [1.82, 2.24) is 14.3 Å². The number of sulfonamides is 1. The van der Waals surface area contributed by atoms with Gasteiger partial charge < -0.3 is 15.0 Å². The number of fused-ring (bicyclic) bond motifs is 1. The van der Waals surface area contributed by atoms with Crippen LogP contribution in [0.3, 0.4) is 0 Å². The van der Waals surface area contributed by atoms with Crippen molar-refractivity contribution in [3.05, 3.63) is 78.4 Å². The predicted molar refractivity (Wildman–Crippen MR) is 138 cm³/mol. The first-order valence-electron chi connectivity index (χ1n) is 11.4. The Morgan fingerprint density at radius 3 is 2.23 bits per heavy atom. The van der Waals surface area contributed by atoms with E-state index in [1.54, 1.807) is 19.2 Å². The van der Waals surface area contributed by atoms with E-state index >= 15 is 0 Å². The van der Waals surface area contributed by atoms with Crippen LogP contribution >= 0.6 is 0 Å². The first kappa shape index (κ1) is 23.1. The fourth-order valence-corrected chi connectivity index (χ4v) is 5.52. The van der Waals surface area contributed by atoms with Crippen LogP contribution in [0.1, 0.15) is 5.56 Å². The van der Waals surface area contributed by atoms with E-state index in [0.717, 1.165) is 27.9 Å². The molecule has 1 saturated heterocycles. The highest BCUT2D eigenvalue weighted by molar-refractivity contribution is 7.89. The Hall–Kier alpha value is -3.69. The minimum Gasteiger partial charge on any atom is -0.497 e. The van der Waals surface area contributed by atoms with Gasteiger partial charge >= 0.3 is 0 Å². The molecule has 0 saturated carbocycles. The Labute approximate surface area is 205 Å². The standard InChI is InChI=1S/C26H27N5O3S/c1-19-7-13-22(14-8-19)35(32,33)31-17-15-30(16-18-31)26-28-24-6-4-3-5-23(24)25(29-26)27-20-9-11-21(34-2)12-10-20/h3-14H,15-18H2,1-2H3,(H,27,28,29). The Morgan fingerprint density at radius 2 is 1.54 bits per heavy atom. The molecule has 0 bridgehead atoms. The molecular formula is C26H27N5O3S. The van der Waals surface area contributed by atoms with Gasteiger partial charge in [-0.15, -0.1) is 0 Å². The van der Waals surface area contributed by atoms with Crippen molar-refractivity contribution in [2.45, 2.75) is 11.8 Å². The van der Waals surface area contributed by atoms with Crippen LogP contribution in [0.15, 0.2) is 77.7 Å². The van der Waals surface area contributed by atoms with E-state index < -0.39 is 10.0 Å². The lowest BCUT2D eigenvalue weighted by Gasteiger charge is -2.34. The SMILES string of the molecule is COc1ccc(Nc2nc(N3CCN(S(=O)(=O)c4ccc(C)cc4)CC3)nc3ccccc23)cc1. The van der Waals surface area contributed by atoms with Crippen molar-refractivity contribution in [3.8, 4) is 5.75 Å². The van der Waals surface area contributed by atoms with Crippen LogP contribution in [0.2, 0.25) is 0 Å². The van der Waals surface area contributed by atoms with Gasteiger partial charge in [-0.05, 0) is 55.5 Å². The number of ether oxygens (including phenoxy) is 1. The number of piperazine rings is 1. The van der Waals surface area contributed by atoms with Gasteiger partial charge in [0.15, 0.2) is 0 Å². The first-order chi connectivity index (χ1) is 16.9. The van der Waals surface area contributed by atoms with Gasteiger partial charge in [0.1, 0.15) is 11.6 Å². The minimum atomic E-state index is -3.53. The fourth-order valence-electron chi connectivity index (χ4n) is 4.10. The molecular weight excluding hydrogens is 462 g/mol. The van der Waals surface area contributed by atoms with Crippen molar-refractivity contribution < 1.29 is 13.2 Å². The van der Waals surface area contributed by atoms with Gasteiger partial charge in [-0.3, -0.25) is 0 Å². The topological polar surface area (TPSA) is 87.7 Å². The average molecular weight is 490 g/mol. The summed E-state index contributed by atoms with van der Waals surface area (Å²) >= 11 is 0. The number of aromatic nitrogens is 2. The zero-order valence-corrected chi connectivity index (χ0v) is 20.5. The molecule has 1 N–H and O–H groups in total. The molecule has 0 aliphatic carbocycles. The quantitative estimate of drug-likeness (QED) is 0.434. The number of benzene rings is 3. The van der Waals surface area contributed by atoms with Crippen LogP contribution in [0.4, 0.5) is 17.5 Å². The predicted octanol–water partition coefficient (Wildman–Crippen LogP) is 4.20. The second-order valence-corrected chi connectivity index (χ2v) is 10.4. The highest BCUT2D eigenvalue weighted by atomic mass is 32.2. The molecule has 1 aliphatic heterocycles. The summed E-state index contributed by atoms with van der Waals surface area (Å²) in [5.41, 5.74) is 2.74. The maximum absolute atomic E-state index is 13.1. The monoisotopic (exact) mass is 489 g/mol. The molecule has 1 aromatic heterocycles. The van der Waals surface area contributed by atoms with Crippen LogP contribution in [-0.2, 0) is 10.0 Å². The highest BCUT2D eigenvalue weighted by Crippen LogP contribution is 2.28. The zero-order chi connectivity index (χ0) is 24.4. The molecule has 35 heavy (non-hydrogen) atoms. The zero-order valence-electron chi connectivity index (χ0n) is 19.7. The van der Waals surface area contributed by atoms with Crippen LogP contribution in [0, 0.1) is 6.92 Å². The van der Waals surface area contributed by atoms with Crippen LogP contribution in [0.25, 0.3) is 10.9 Å². The molecule has 5 rings (SSSR count). The lowest BCUT2D eigenvalue weighted by atomic mass is 10.2. The Kier molecular flexibility index (Phi) is 6.27. The molecule has 2 heterocycles. The molecule has 0 atom stereocenters. The molecule has 4 aromatic rings. The van der Waals surface area contributed by atoms with Gasteiger partial charge in [-0.2, -0.15) is 9.29 Å². The third-order valence-electron chi connectivity index (χ3n) is 6.12. The number of aryl methyl sites for hydroxylation is 1. The minimum absolute atomic E-state index is 0.324. The summed E-state index contributed by atoms with van der Waals surface area (Å²) in [7, 11) is -1.89. The lowest BCUT2D eigenvalue weighted by Crippen LogP contribution is -2.49. The van der Waals surface area contributed by atoms with Crippen molar-refractivity contribution in [3.63, 3.8) is 0 Å². The Bertz CT molecular complexity index is 1430. The number of anilines is 3. The van der Waals surface area contributed by atoms with Crippen molar-refractivity contribution in [2.24, 2.45) is 0 Å². The molecule has 0 spiro atoms. The van der Waals surface area contributed by atoms with Gasteiger partial charge in [0.2, 0.25) is 16.0 Å². The summed E-state index contributed by atoms with van der Waals surface area (Å²) in [5, 5.41) is 4.31. The molecule has 0 radical (unpaired) electrons. The summed E-state index contributed by atoms with van der Waals surface area (Å²) in [4.78, 5) is 12.0. The lowest BCUT2D eigenvalue weighted by molar-refractivity contribution is 0.382. The third-order valence-corrected chi connectivity index (χ3v) is 8.04. The molecule has 1 fully saturated rings. The largest absolute Gasteiger partial charge is 0.497 e. The summed E-state index contributed by atoms with van der Waals surface area (Å²) in [6, 6.07) is 22.5. The van der Waals surface area contributed by atoms with Gasteiger partial charge in [-0.25, -0.2) is 13.4 Å². The normalized spacial score (nSPS) is 14.7. The van der Waals surface area contributed by atoms with Gasteiger partial charge in [0, 0.05) is 37.3 Å². The van der Waals surface area contributed by atoms with Gasteiger partial charge in [0.25, 0.3) is 0 Å². The molecule has 0 unspecified atom stereocenters. The number of nitrogens with zero attached hydrogens (tertiary/aromatic N) is 4. The van der Waals surface area contributed by atoms with Crippen molar-refractivity contribution >= 4 is 38.4 Å². The van der Waals surface area contributed by atoms with E-state index in [0.29, 0.717) is 42.8 Å². The van der Waals surface area contributed by atoms with E-state index in [-0.39, 0.29) is 0 Å². The Balaban J connectivity index is 1.38. The van der Waals surface area contributed by atoms with E-state index in [1.165, 1.54) is 4.31 Å². The number of para-hydroxylation sites is 1. The van der Waals surface area contributed by atoms with E-state index in [4.69, 9.17) is 14.7 Å². The van der Waals surface area contributed by atoms with Crippen molar-refractivity contribution in [1.29, 1.82) is 0 Å². The molecule has 1 aliphatic rings. The second kappa shape index (κ2) is 9.52. The van der Waals surface area contributed by atoms with Crippen LogP contribution in [-0.4, -0.2) is 56.0 Å². The number of nitrogens with one attached hydrogen (secondary N) is 1. The number of hydrogen-bond acceptors (Lipinski definition) is 7. The van der Waals surface area contributed by atoms with E-state index in [2.05, 4.69) is 5.32 Å². The first-order valence-corrected chi connectivity index (χ1v) is 12.9. The Morgan fingerprint density at radius 1 is 0.857 bits per heavy atom. The number of hydrogen-bond donors (Lipinski definition) is 1. The summed E-state index contributed by atoms with van der Waals surface area (Å²) < 4.78 is 32.9. The number of methoxy groups -OCH3 is 1. The maximum atomic E-state index is 13.1. The maximum Gasteiger partial charge on any atom is 0.243 e. The fraction of sp³-hybridized carbons (Fsp3) is 0.231. The smallest absolute Gasteiger partial charge is 0.243 e.